The molecule has 1 unspecified atom stereocenters. The molecule has 1 aromatic heterocycles. The first kappa shape index (κ1) is 21.6. The maximum absolute atomic E-state index is 13.0. The molecule has 0 amide bonds. The summed E-state index contributed by atoms with van der Waals surface area (Å²) in [6.45, 7) is 5.10. The number of benzene rings is 2. The second-order valence-electron chi connectivity index (χ2n) is 7.84. The van der Waals surface area contributed by atoms with E-state index in [1.54, 1.807) is 0 Å². The molecule has 2 heterocycles. The van der Waals surface area contributed by atoms with Gasteiger partial charge in [-0.1, -0.05) is 35.6 Å². The van der Waals surface area contributed by atoms with Crippen LogP contribution in [0.4, 0.5) is 18.3 Å². The number of rotatable bonds is 5. The van der Waals surface area contributed by atoms with Crippen molar-refractivity contribution in [3.8, 4) is 0 Å². The Morgan fingerprint density at radius 1 is 1.19 bits per heavy atom. The summed E-state index contributed by atoms with van der Waals surface area (Å²) in [5.74, 6) is -0.849. The normalized spacial score (nSPS) is 17.9. The summed E-state index contributed by atoms with van der Waals surface area (Å²) in [6, 6.07) is 11.4. The molecule has 0 bridgehead atoms. The van der Waals surface area contributed by atoms with E-state index in [1.165, 1.54) is 23.5 Å². The number of anilines is 1. The molecule has 0 saturated carbocycles. The molecule has 2 aromatic carbocycles. The fraction of sp³-hybridized carbons (Fsp3) is 0.364. The number of hydrogen-bond acceptors (Lipinski definition) is 5. The Morgan fingerprint density at radius 3 is 2.68 bits per heavy atom. The molecule has 1 N–H and O–H groups in total. The first-order chi connectivity index (χ1) is 14.7. The lowest BCUT2D eigenvalue weighted by Gasteiger charge is -2.39. The van der Waals surface area contributed by atoms with E-state index >= 15 is 0 Å². The average Bonchev–Trinajstić information content (AvgIpc) is 3.10. The molecular weight excluding hydrogens is 427 g/mol. The molecule has 0 spiro atoms. The van der Waals surface area contributed by atoms with Crippen LogP contribution in [-0.2, 0) is 23.9 Å². The number of carbonyl (C=O) groups is 1. The number of nitrogens with zero attached hydrogens (tertiary/aromatic N) is 3. The van der Waals surface area contributed by atoms with Crippen LogP contribution in [0.3, 0.4) is 0 Å². The summed E-state index contributed by atoms with van der Waals surface area (Å²) in [5, 5.41) is 9.72. The second kappa shape index (κ2) is 8.47. The van der Waals surface area contributed by atoms with E-state index in [4.69, 9.17) is 5.11 Å². The summed E-state index contributed by atoms with van der Waals surface area (Å²) in [7, 11) is 0. The molecule has 31 heavy (non-hydrogen) atoms. The highest BCUT2D eigenvalue weighted by molar-refractivity contribution is 7.22. The number of halogens is 3. The topological polar surface area (TPSA) is 56.7 Å². The largest absolute Gasteiger partial charge is 0.481 e. The molecule has 5 nitrogen and oxygen atoms in total. The van der Waals surface area contributed by atoms with Crippen molar-refractivity contribution < 1.29 is 23.1 Å². The molecule has 1 aliphatic rings. The Balaban J connectivity index is 1.44. The van der Waals surface area contributed by atoms with Gasteiger partial charge in [-0.25, -0.2) is 4.98 Å². The van der Waals surface area contributed by atoms with E-state index < -0.39 is 17.7 Å². The molecule has 1 saturated heterocycles. The van der Waals surface area contributed by atoms with E-state index in [0.29, 0.717) is 10.2 Å². The molecule has 1 aliphatic heterocycles. The molecule has 164 valence electrons. The third-order valence-corrected chi connectivity index (χ3v) is 6.47. The van der Waals surface area contributed by atoms with Gasteiger partial charge in [0, 0.05) is 32.2 Å². The maximum Gasteiger partial charge on any atom is 0.416 e. The van der Waals surface area contributed by atoms with Gasteiger partial charge in [-0.2, -0.15) is 13.2 Å². The van der Waals surface area contributed by atoms with Crippen LogP contribution in [0.2, 0.25) is 0 Å². The Labute approximate surface area is 181 Å². The van der Waals surface area contributed by atoms with Gasteiger partial charge in [0.15, 0.2) is 5.13 Å². The second-order valence-corrected chi connectivity index (χ2v) is 8.85. The number of alkyl halides is 3. The van der Waals surface area contributed by atoms with E-state index in [9.17, 15) is 18.0 Å². The monoisotopic (exact) mass is 449 g/mol. The van der Waals surface area contributed by atoms with Crippen LogP contribution >= 0.6 is 11.3 Å². The standard InChI is InChI=1S/C22H22F3N3O2S/c1-14-12-27(13-16-4-2-3-15(9-16)10-20(29)30)7-8-28(14)21-26-18-6-5-17(22(23,24)25)11-19(18)31-21/h2-6,9,11,14H,7-8,10,12-13H2,1H3,(H,29,30). The van der Waals surface area contributed by atoms with Crippen molar-refractivity contribution in [1.29, 1.82) is 0 Å². The van der Waals surface area contributed by atoms with Crippen LogP contribution in [0.1, 0.15) is 23.6 Å². The van der Waals surface area contributed by atoms with Gasteiger partial charge in [-0.3, -0.25) is 9.69 Å². The summed E-state index contributed by atoms with van der Waals surface area (Å²) >= 11 is 1.29. The number of fused-ring (bicyclic) bond motifs is 1. The van der Waals surface area contributed by atoms with E-state index in [0.717, 1.165) is 48.5 Å². The summed E-state index contributed by atoms with van der Waals surface area (Å²) in [5.41, 5.74) is 1.78. The molecular formula is C22H22F3N3O2S. The third-order valence-electron chi connectivity index (χ3n) is 5.41. The number of aromatic nitrogens is 1. The van der Waals surface area contributed by atoms with Gasteiger partial charge in [0.2, 0.25) is 0 Å². The average molecular weight is 449 g/mol. The number of carboxylic acids is 1. The quantitative estimate of drug-likeness (QED) is 0.614. The van der Waals surface area contributed by atoms with Crippen LogP contribution in [-0.4, -0.2) is 46.6 Å². The lowest BCUT2D eigenvalue weighted by Crippen LogP contribution is -2.51. The van der Waals surface area contributed by atoms with Crippen LogP contribution in [0.25, 0.3) is 10.2 Å². The number of carboxylic acid groups (broad SMARTS) is 1. The van der Waals surface area contributed by atoms with Crippen molar-refractivity contribution in [3.63, 3.8) is 0 Å². The van der Waals surface area contributed by atoms with Crippen molar-refractivity contribution in [1.82, 2.24) is 9.88 Å². The minimum absolute atomic E-state index is 0.00564. The van der Waals surface area contributed by atoms with E-state index in [2.05, 4.69) is 21.7 Å². The minimum Gasteiger partial charge on any atom is -0.481 e. The Kier molecular flexibility index (Phi) is 5.90. The fourth-order valence-electron chi connectivity index (χ4n) is 3.94. The van der Waals surface area contributed by atoms with Gasteiger partial charge in [-0.05, 0) is 36.2 Å². The number of thiazole rings is 1. The predicted molar refractivity (Wildman–Crippen MR) is 114 cm³/mol. The molecule has 3 aromatic rings. The zero-order valence-electron chi connectivity index (χ0n) is 16.9. The van der Waals surface area contributed by atoms with Crippen LogP contribution < -0.4 is 4.90 Å². The van der Waals surface area contributed by atoms with Gasteiger partial charge in [-0.15, -0.1) is 0 Å². The van der Waals surface area contributed by atoms with Crippen molar-refractivity contribution in [2.45, 2.75) is 32.1 Å². The van der Waals surface area contributed by atoms with Crippen LogP contribution in [0, 0.1) is 0 Å². The third kappa shape index (κ3) is 4.99. The van der Waals surface area contributed by atoms with Crippen molar-refractivity contribution >= 4 is 32.7 Å². The molecule has 1 fully saturated rings. The lowest BCUT2D eigenvalue weighted by atomic mass is 10.1. The maximum atomic E-state index is 13.0. The summed E-state index contributed by atoms with van der Waals surface area (Å²) in [6.07, 6.45) is -4.36. The smallest absolute Gasteiger partial charge is 0.416 e. The van der Waals surface area contributed by atoms with Crippen molar-refractivity contribution in [3.05, 3.63) is 59.2 Å². The molecule has 0 radical (unpaired) electrons. The molecule has 9 heteroatoms. The first-order valence-electron chi connectivity index (χ1n) is 9.95. The van der Waals surface area contributed by atoms with Gasteiger partial charge in [0.25, 0.3) is 0 Å². The molecule has 1 atom stereocenters. The van der Waals surface area contributed by atoms with E-state index in [1.807, 2.05) is 24.3 Å². The summed E-state index contributed by atoms with van der Waals surface area (Å²) in [4.78, 5) is 20.0. The van der Waals surface area contributed by atoms with E-state index in [-0.39, 0.29) is 12.5 Å². The van der Waals surface area contributed by atoms with Crippen LogP contribution in [0.5, 0.6) is 0 Å². The SMILES string of the molecule is CC1CN(Cc2cccc(CC(=O)O)c2)CCN1c1nc2ccc(C(F)(F)F)cc2s1. The fourth-order valence-corrected chi connectivity index (χ4v) is 5.08. The number of hydrogen-bond donors (Lipinski definition) is 1. The van der Waals surface area contributed by atoms with Gasteiger partial charge in [0.1, 0.15) is 0 Å². The summed E-state index contributed by atoms with van der Waals surface area (Å²) < 4.78 is 39.5. The first-order valence-corrected chi connectivity index (χ1v) is 10.8. The molecule has 4 rings (SSSR count). The number of aliphatic carboxylic acids is 1. The highest BCUT2D eigenvalue weighted by atomic mass is 32.1. The minimum atomic E-state index is -4.36. The highest BCUT2D eigenvalue weighted by Gasteiger charge is 2.31. The van der Waals surface area contributed by atoms with Crippen LogP contribution in [0.15, 0.2) is 42.5 Å². The predicted octanol–water partition coefficient (Wildman–Crippen LogP) is 4.65. The Bertz CT molecular complexity index is 1100. The molecule has 0 aliphatic carbocycles. The van der Waals surface area contributed by atoms with Crippen molar-refractivity contribution in [2.75, 3.05) is 24.5 Å². The number of piperazine rings is 1. The Morgan fingerprint density at radius 2 is 1.97 bits per heavy atom. The Hall–Kier alpha value is -2.65. The van der Waals surface area contributed by atoms with Gasteiger partial charge >= 0.3 is 12.1 Å². The van der Waals surface area contributed by atoms with Gasteiger partial charge in [0.05, 0.1) is 22.2 Å². The van der Waals surface area contributed by atoms with Gasteiger partial charge < -0.3 is 10.0 Å². The lowest BCUT2D eigenvalue weighted by molar-refractivity contribution is -0.138. The zero-order chi connectivity index (χ0) is 22.2. The highest BCUT2D eigenvalue weighted by Crippen LogP contribution is 2.36. The zero-order valence-corrected chi connectivity index (χ0v) is 17.7. The van der Waals surface area contributed by atoms with Crippen molar-refractivity contribution in [2.24, 2.45) is 0 Å².